The summed E-state index contributed by atoms with van der Waals surface area (Å²) in [6, 6.07) is 10.9. The molecule has 1 heterocycles. The van der Waals surface area contributed by atoms with Gasteiger partial charge in [-0.1, -0.05) is 38.1 Å². The predicted molar refractivity (Wildman–Crippen MR) is 114 cm³/mol. The first kappa shape index (κ1) is 21.0. The molecule has 0 radical (unpaired) electrons. The molecule has 0 aliphatic carbocycles. The van der Waals surface area contributed by atoms with E-state index in [9.17, 15) is 14.4 Å². The number of amides is 3. The van der Waals surface area contributed by atoms with Crippen LogP contribution >= 0.6 is 0 Å². The lowest BCUT2D eigenvalue weighted by atomic mass is 9.90. The lowest BCUT2D eigenvalue weighted by Gasteiger charge is -2.31. The van der Waals surface area contributed by atoms with E-state index in [-0.39, 0.29) is 30.7 Å². The van der Waals surface area contributed by atoms with Crippen LogP contribution in [-0.4, -0.2) is 41.2 Å². The van der Waals surface area contributed by atoms with Crippen LogP contribution < -0.4 is 11.1 Å². The first-order chi connectivity index (χ1) is 13.8. The Balaban J connectivity index is 1.65. The molecule has 6 nitrogen and oxygen atoms in total. The van der Waals surface area contributed by atoms with Gasteiger partial charge in [0.15, 0.2) is 0 Å². The quantitative estimate of drug-likeness (QED) is 0.672. The maximum absolute atomic E-state index is 12.9. The van der Waals surface area contributed by atoms with Crippen molar-refractivity contribution in [1.82, 2.24) is 10.2 Å². The van der Waals surface area contributed by atoms with Crippen LogP contribution in [0.15, 0.2) is 36.4 Å². The van der Waals surface area contributed by atoms with Crippen LogP contribution in [0.4, 0.5) is 0 Å². The summed E-state index contributed by atoms with van der Waals surface area (Å²) in [5, 5.41) is 4.61. The van der Waals surface area contributed by atoms with Crippen molar-refractivity contribution in [3.63, 3.8) is 0 Å². The Morgan fingerprint density at radius 2 is 1.69 bits per heavy atom. The summed E-state index contributed by atoms with van der Waals surface area (Å²) >= 11 is 0. The third-order valence-corrected chi connectivity index (χ3v) is 5.39. The van der Waals surface area contributed by atoms with Gasteiger partial charge in [-0.25, -0.2) is 0 Å². The van der Waals surface area contributed by atoms with Crippen molar-refractivity contribution < 1.29 is 14.4 Å². The number of nitrogens with one attached hydrogen (secondary N) is 1. The van der Waals surface area contributed by atoms with Gasteiger partial charge in [0.25, 0.3) is 11.8 Å². The molecule has 0 saturated heterocycles. The molecule has 1 aliphatic rings. The van der Waals surface area contributed by atoms with Crippen LogP contribution in [0.5, 0.6) is 0 Å². The lowest BCUT2D eigenvalue weighted by molar-refractivity contribution is -0.123. The zero-order valence-electron chi connectivity index (χ0n) is 17.3. The van der Waals surface area contributed by atoms with Crippen molar-refractivity contribution in [2.45, 2.75) is 45.6 Å². The van der Waals surface area contributed by atoms with E-state index in [1.807, 2.05) is 31.2 Å². The average molecular weight is 396 g/mol. The summed E-state index contributed by atoms with van der Waals surface area (Å²) in [6.07, 6.45) is 1.43. The smallest absolute Gasteiger partial charge is 0.261 e. The molecule has 154 valence electrons. The monoisotopic (exact) mass is 395 g/mol. The van der Waals surface area contributed by atoms with Crippen LogP contribution in [0, 0.1) is 5.92 Å². The fraction of sp³-hybridized carbons (Fsp3) is 0.435. The molecule has 2 aromatic rings. The van der Waals surface area contributed by atoms with E-state index in [1.165, 1.54) is 4.90 Å². The summed E-state index contributed by atoms with van der Waals surface area (Å²) in [6.45, 7) is 6.69. The molecule has 3 amide bonds. The zero-order chi connectivity index (χ0) is 21.2. The molecule has 2 aromatic carbocycles. The minimum Gasteiger partial charge on any atom is -0.350 e. The highest BCUT2D eigenvalue weighted by Gasteiger charge is 2.32. The third kappa shape index (κ3) is 4.32. The minimum atomic E-state index is -0.448. The van der Waals surface area contributed by atoms with Crippen molar-refractivity contribution in [1.29, 1.82) is 0 Å². The minimum absolute atomic E-state index is 0.113. The van der Waals surface area contributed by atoms with E-state index in [0.29, 0.717) is 35.4 Å². The number of nitrogens with two attached hydrogens (primary N) is 1. The standard InChI is InChI=1S/C23H29N3O3/c1-15(2)13-23(3,14-24)25-19(27)11-6-12-26-21(28)17-9-4-7-16-8-5-10-18(20(16)17)22(26)29/h4-5,7-10,15H,6,11-14,24H2,1-3H3,(H,25,27). The summed E-state index contributed by atoms with van der Waals surface area (Å²) in [7, 11) is 0. The SMILES string of the molecule is CC(C)CC(C)(CN)NC(=O)CCCN1C(=O)c2cccc3cccc(c23)C1=O. The Hall–Kier alpha value is -2.73. The third-order valence-electron chi connectivity index (χ3n) is 5.39. The Labute approximate surface area is 171 Å². The highest BCUT2D eigenvalue weighted by Crippen LogP contribution is 2.30. The number of hydrogen-bond donors (Lipinski definition) is 2. The van der Waals surface area contributed by atoms with Gasteiger partial charge in [-0.15, -0.1) is 0 Å². The highest BCUT2D eigenvalue weighted by atomic mass is 16.2. The molecule has 0 bridgehead atoms. The maximum atomic E-state index is 12.9. The molecule has 29 heavy (non-hydrogen) atoms. The van der Waals surface area contributed by atoms with E-state index in [4.69, 9.17) is 5.73 Å². The Morgan fingerprint density at radius 1 is 1.10 bits per heavy atom. The van der Waals surface area contributed by atoms with Crippen molar-refractivity contribution in [3.05, 3.63) is 47.5 Å². The summed E-state index contributed by atoms with van der Waals surface area (Å²) in [5.74, 6) is -0.300. The van der Waals surface area contributed by atoms with Gasteiger partial charge in [-0.05, 0) is 43.2 Å². The number of rotatable bonds is 8. The second-order valence-corrected chi connectivity index (χ2v) is 8.49. The largest absolute Gasteiger partial charge is 0.350 e. The first-order valence-corrected chi connectivity index (χ1v) is 10.1. The molecule has 6 heteroatoms. The molecule has 0 aromatic heterocycles. The normalized spacial score (nSPS) is 15.7. The van der Waals surface area contributed by atoms with Crippen molar-refractivity contribution in [2.75, 3.05) is 13.1 Å². The number of carbonyl (C=O) groups is 3. The van der Waals surface area contributed by atoms with Gasteiger partial charge in [0, 0.05) is 41.6 Å². The zero-order valence-corrected chi connectivity index (χ0v) is 17.3. The number of nitrogens with zero attached hydrogens (tertiary/aromatic N) is 1. The van der Waals surface area contributed by atoms with Crippen molar-refractivity contribution in [2.24, 2.45) is 11.7 Å². The van der Waals surface area contributed by atoms with E-state index >= 15 is 0 Å². The maximum Gasteiger partial charge on any atom is 0.261 e. The van der Waals surface area contributed by atoms with Gasteiger partial charge in [0.05, 0.1) is 0 Å². The Morgan fingerprint density at radius 3 is 2.21 bits per heavy atom. The highest BCUT2D eigenvalue weighted by molar-refractivity contribution is 6.25. The topological polar surface area (TPSA) is 92.5 Å². The molecule has 1 aliphatic heterocycles. The number of imide groups is 1. The fourth-order valence-corrected chi connectivity index (χ4v) is 4.17. The van der Waals surface area contributed by atoms with Gasteiger partial charge < -0.3 is 11.1 Å². The van der Waals surface area contributed by atoms with E-state index < -0.39 is 5.54 Å². The van der Waals surface area contributed by atoms with Crippen LogP contribution in [0.3, 0.4) is 0 Å². The molecular formula is C23H29N3O3. The molecule has 3 N–H and O–H groups in total. The van der Waals surface area contributed by atoms with Gasteiger partial charge in [0.2, 0.25) is 5.91 Å². The van der Waals surface area contributed by atoms with Crippen LogP contribution in [0.1, 0.15) is 60.7 Å². The van der Waals surface area contributed by atoms with Gasteiger partial charge in [-0.2, -0.15) is 0 Å². The molecule has 0 spiro atoms. The first-order valence-electron chi connectivity index (χ1n) is 10.1. The number of benzene rings is 2. The van der Waals surface area contributed by atoms with Gasteiger partial charge >= 0.3 is 0 Å². The number of hydrogen-bond acceptors (Lipinski definition) is 4. The van der Waals surface area contributed by atoms with Gasteiger partial charge in [0.1, 0.15) is 0 Å². The van der Waals surface area contributed by atoms with Crippen molar-refractivity contribution in [3.8, 4) is 0 Å². The Bertz CT molecular complexity index is 903. The molecular weight excluding hydrogens is 366 g/mol. The summed E-state index contributed by atoms with van der Waals surface area (Å²) in [5.41, 5.74) is 6.48. The summed E-state index contributed by atoms with van der Waals surface area (Å²) < 4.78 is 0. The second-order valence-electron chi connectivity index (χ2n) is 8.49. The van der Waals surface area contributed by atoms with Crippen molar-refractivity contribution >= 4 is 28.5 Å². The van der Waals surface area contributed by atoms with E-state index in [1.54, 1.807) is 12.1 Å². The Kier molecular flexibility index (Phi) is 6.03. The second kappa shape index (κ2) is 8.33. The van der Waals surface area contributed by atoms with Gasteiger partial charge in [-0.3, -0.25) is 19.3 Å². The molecule has 1 atom stereocenters. The molecule has 3 rings (SSSR count). The lowest BCUT2D eigenvalue weighted by Crippen LogP contribution is -2.52. The molecule has 0 saturated carbocycles. The van der Waals surface area contributed by atoms with E-state index in [2.05, 4.69) is 19.2 Å². The molecule has 0 fully saturated rings. The van der Waals surface area contributed by atoms with Crippen LogP contribution in [0.2, 0.25) is 0 Å². The fourth-order valence-electron chi connectivity index (χ4n) is 4.17. The molecule has 1 unspecified atom stereocenters. The summed E-state index contributed by atoms with van der Waals surface area (Å²) in [4.78, 5) is 39.4. The average Bonchev–Trinajstić information content (AvgIpc) is 2.67. The predicted octanol–water partition coefficient (Wildman–Crippen LogP) is 3.10. The van der Waals surface area contributed by atoms with Crippen LogP contribution in [0.25, 0.3) is 10.8 Å². The number of carbonyl (C=O) groups excluding carboxylic acids is 3. The van der Waals surface area contributed by atoms with E-state index in [0.717, 1.165) is 11.8 Å². The van der Waals surface area contributed by atoms with Crippen LogP contribution in [-0.2, 0) is 4.79 Å².